The fourth-order valence-corrected chi connectivity index (χ4v) is 3.97. The molecule has 2 aliphatic rings. The summed E-state index contributed by atoms with van der Waals surface area (Å²) >= 11 is 0. The zero-order valence-corrected chi connectivity index (χ0v) is 13.1. The lowest BCUT2D eigenvalue weighted by atomic mass is 9.71. The van der Waals surface area contributed by atoms with Crippen LogP contribution in [0.15, 0.2) is 23.8 Å². The molecule has 4 nitrogen and oxygen atoms in total. The summed E-state index contributed by atoms with van der Waals surface area (Å²) in [5.74, 6) is -0.903. The molecule has 116 valence electrons. The molecule has 0 unspecified atom stereocenters. The Labute approximate surface area is 126 Å². The van der Waals surface area contributed by atoms with Gasteiger partial charge in [-0.2, -0.15) is 0 Å². The van der Waals surface area contributed by atoms with Crippen LogP contribution in [0.25, 0.3) is 0 Å². The van der Waals surface area contributed by atoms with E-state index < -0.39 is 17.4 Å². The summed E-state index contributed by atoms with van der Waals surface area (Å²) in [6.45, 7) is 5.95. The van der Waals surface area contributed by atoms with Crippen LogP contribution in [0.2, 0.25) is 0 Å². The molecule has 0 radical (unpaired) electrons. The molecule has 0 spiro atoms. The van der Waals surface area contributed by atoms with Gasteiger partial charge in [0.05, 0.1) is 14.2 Å². The lowest BCUT2D eigenvalue weighted by molar-refractivity contribution is -0.169. The Kier molecular flexibility index (Phi) is 4.55. The number of rotatable bonds is 3. The first-order chi connectivity index (χ1) is 9.98. The Morgan fingerprint density at radius 2 is 1.71 bits per heavy atom. The van der Waals surface area contributed by atoms with Crippen LogP contribution >= 0.6 is 0 Å². The van der Waals surface area contributed by atoms with Crippen LogP contribution in [0.1, 0.15) is 39.0 Å². The lowest BCUT2D eigenvalue weighted by Gasteiger charge is -2.31. The number of carbonyl (C=O) groups is 2. The van der Waals surface area contributed by atoms with Gasteiger partial charge in [-0.25, -0.2) is 0 Å². The summed E-state index contributed by atoms with van der Waals surface area (Å²) in [5.41, 5.74) is 0.645. The second kappa shape index (κ2) is 6.04. The predicted octanol–water partition coefficient (Wildman–Crippen LogP) is 3.03. The average Bonchev–Trinajstić information content (AvgIpc) is 2.63. The fraction of sp³-hybridized carbons (Fsp3) is 0.647. The van der Waals surface area contributed by atoms with E-state index in [9.17, 15) is 9.59 Å². The molecule has 1 fully saturated rings. The first-order valence-electron chi connectivity index (χ1n) is 7.54. The highest BCUT2D eigenvalue weighted by molar-refractivity contribution is 6.03. The van der Waals surface area contributed by atoms with Crippen molar-refractivity contribution in [3.05, 3.63) is 23.8 Å². The van der Waals surface area contributed by atoms with Gasteiger partial charge in [-0.1, -0.05) is 37.5 Å². The summed E-state index contributed by atoms with van der Waals surface area (Å²) in [7, 11) is 2.65. The summed E-state index contributed by atoms with van der Waals surface area (Å²) < 4.78 is 9.93. The SMILES string of the molecule is C=C(C)C1=CC(C(=O)OC)(C(=O)OC)[C@@H]2CCCCC[C@H]12. The molecule has 2 rings (SSSR count). The van der Waals surface area contributed by atoms with Crippen LogP contribution in [-0.2, 0) is 19.1 Å². The molecule has 0 aliphatic heterocycles. The monoisotopic (exact) mass is 292 g/mol. The molecule has 4 heteroatoms. The van der Waals surface area contributed by atoms with Gasteiger partial charge < -0.3 is 9.47 Å². The molecule has 0 saturated heterocycles. The zero-order valence-electron chi connectivity index (χ0n) is 13.1. The van der Waals surface area contributed by atoms with Gasteiger partial charge in [0.2, 0.25) is 0 Å². The molecule has 1 saturated carbocycles. The normalized spacial score (nSPS) is 27.1. The van der Waals surface area contributed by atoms with E-state index in [0.29, 0.717) is 0 Å². The minimum Gasteiger partial charge on any atom is -0.468 e. The molecular weight excluding hydrogens is 268 g/mol. The maximum absolute atomic E-state index is 12.5. The number of esters is 2. The van der Waals surface area contributed by atoms with E-state index in [1.807, 2.05) is 6.92 Å². The van der Waals surface area contributed by atoms with Gasteiger partial charge in [-0.15, -0.1) is 0 Å². The topological polar surface area (TPSA) is 52.6 Å². The minimum absolute atomic E-state index is 0.0772. The van der Waals surface area contributed by atoms with Crippen LogP contribution in [0, 0.1) is 17.3 Å². The van der Waals surface area contributed by atoms with Crippen molar-refractivity contribution in [2.24, 2.45) is 17.3 Å². The molecule has 0 N–H and O–H groups in total. The van der Waals surface area contributed by atoms with Gasteiger partial charge in [0.25, 0.3) is 0 Å². The zero-order chi connectivity index (χ0) is 15.6. The van der Waals surface area contributed by atoms with Crippen LogP contribution in [0.5, 0.6) is 0 Å². The highest BCUT2D eigenvalue weighted by Gasteiger charge is 2.59. The smallest absolute Gasteiger partial charge is 0.327 e. The van der Waals surface area contributed by atoms with Crippen LogP contribution in [0.4, 0.5) is 0 Å². The third-order valence-electron chi connectivity index (χ3n) is 4.92. The van der Waals surface area contributed by atoms with Gasteiger partial charge in [0.15, 0.2) is 5.41 Å². The number of carbonyl (C=O) groups excluding carboxylic acids is 2. The summed E-state index contributed by atoms with van der Waals surface area (Å²) in [4.78, 5) is 24.9. The molecule has 0 bridgehead atoms. The van der Waals surface area contributed by atoms with Crippen LogP contribution in [0.3, 0.4) is 0 Å². The number of hydrogen-bond donors (Lipinski definition) is 0. The molecule has 0 aromatic carbocycles. The van der Waals surface area contributed by atoms with Crippen molar-refractivity contribution in [3.8, 4) is 0 Å². The van der Waals surface area contributed by atoms with E-state index in [2.05, 4.69) is 6.58 Å². The summed E-state index contributed by atoms with van der Waals surface area (Å²) in [5, 5.41) is 0. The largest absolute Gasteiger partial charge is 0.468 e. The number of ether oxygens (including phenoxy) is 2. The quantitative estimate of drug-likeness (QED) is 0.592. The van der Waals surface area contributed by atoms with Gasteiger partial charge in [0.1, 0.15) is 0 Å². The van der Waals surface area contributed by atoms with Gasteiger partial charge >= 0.3 is 11.9 Å². The minimum atomic E-state index is -1.30. The summed E-state index contributed by atoms with van der Waals surface area (Å²) in [6.07, 6.45) is 6.86. The van der Waals surface area contributed by atoms with E-state index in [1.54, 1.807) is 6.08 Å². The highest BCUT2D eigenvalue weighted by Crippen LogP contribution is 2.54. The molecule has 0 amide bonds. The Hall–Kier alpha value is -1.58. The van der Waals surface area contributed by atoms with E-state index in [1.165, 1.54) is 14.2 Å². The van der Waals surface area contributed by atoms with Gasteiger partial charge in [-0.3, -0.25) is 9.59 Å². The molecule has 0 aromatic rings. The fourth-order valence-electron chi connectivity index (χ4n) is 3.97. The van der Waals surface area contributed by atoms with Crippen molar-refractivity contribution in [2.75, 3.05) is 14.2 Å². The van der Waals surface area contributed by atoms with E-state index in [0.717, 1.165) is 43.3 Å². The Morgan fingerprint density at radius 3 is 2.24 bits per heavy atom. The van der Waals surface area contributed by atoms with Crippen molar-refractivity contribution in [2.45, 2.75) is 39.0 Å². The Balaban J connectivity index is 2.57. The van der Waals surface area contributed by atoms with Crippen molar-refractivity contribution in [3.63, 3.8) is 0 Å². The standard InChI is InChI=1S/C17H24O4/c1-11(2)13-10-17(15(18)20-3,16(19)21-4)14-9-7-5-6-8-12(13)14/h10,12,14H,1,5-9H2,2-4H3/t12-,14-/m1/s1. The van der Waals surface area contributed by atoms with Crippen molar-refractivity contribution >= 4 is 11.9 Å². The number of fused-ring (bicyclic) bond motifs is 1. The maximum Gasteiger partial charge on any atom is 0.327 e. The van der Waals surface area contributed by atoms with Crippen molar-refractivity contribution in [1.82, 2.24) is 0 Å². The number of allylic oxidation sites excluding steroid dienone is 2. The number of methoxy groups -OCH3 is 2. The summed E-state index contributed by atoms with van der Waals surface area (Å²) in [6, 6.07) is 0. The second-order valence-corrected chi connectivity index (χ2v) is 6.08. The Bertz CT molecular complexity index is 473. The first-order valence-corrected chi connectivity index (χ1v) is 7.54. The first kappa shape index (κ1) is 15.8. The van der Waals surface area contributed by atoms with Crippen molar-refractivity contribution in [1.29, 1.82) is 0 Å². The molecule has 2 aliphatic carbocycles. The van der Waals surface area contributed by atoms with Crippen LogP contribution < -0.4 is 0 Å². The van der Waals surface area contributed by atoms with E-state index >= 15 is 0 Å². The molecule has 0 aromatic heterocycles. The lowest BCUT2D eigenvalue weighted by Crippen LogP contribution is -2.45. The molecule has 21 heavy (non-hydrogen) atoms. The van der Waals surface area contributed by atoms with Gasteiger partial charge in [0, 0.05) is 0 Å². The average molecular weight is 292 g/mol. The van der Waals surface area contributed by atoms with Crippen LogP contribution in [-0.4, -0.2) is 26.2 Å². The van der Waals surface area contributed by atoms with E-state index in [4.69, 9.17) is 9.47 Å². The second-order valence-electron chi connectivity index (χ2n) is 6.08. The highest BCUT2D eigenvalue weighted by atomic mass is 16.5. The van der Waals surface area contributed by atoms with Gasteiger partial charge in [-0.05, 0) is 37.2 Å². The molecule has 0 heterocycles. The maximum atomic E-state index is 12.5. The van der Waals surface area contributed by atoms with E-state index in [-0.39, 0.29) is 11.8 Å². The Morgan fingerprint density at radius 1 is 1.14 bits per heavy atom. The third-order valence-corrected chi connectivity index (χ3v) is 4.92. The van der Waals surface area contributed by atoms with Crippen molar-refractivity contribution < 1.29 is 19.1 Å². The third kappa shape index (κ3) is 2.41. The molecular formula is C17H24O4. The number of hydrogen-bond acceptors (Lipinski definition) is 4. The molecule has 2 atom stereocenters. The predicted molar refractivity (Wildman–Crippen MR) is 79.4 cm³/mol.